The van der Waals surface area contributed by atoms with E-state index in [4.69, 9.17) is 8.92 Å². The van der Waals surface area contributed by atoms with Gasteiger partial charge in [0.05, 0.1) is 26.7 Å². The van der Waals surface area contributed by atoms with Crippen molar-refractivity contribution in [1.29, 1.82) is 0 Å². The van der Waals surface area contributed by atoms with Gasteiger partial charge in [0.15, 0.2) is 0 Å². The van der Waals surface area contributed by atoms with Gasteiger partial charge in [-0.1, -0.05) is 62.0 Å². The standard InChI is InChI=1S/C21H30O4SSi/c1-17-7-11-19(12-8-17)26(22,23)25-15-21(2,3)16-27(5,6)20-13-9-18(24-4)10-14-20/h7-14H,15-16H2,1-6H3. The zero-order chi connectivity index (χ0) is 20.3. The first-order valence-electron chi connectivity index (χ1n) is 9.06. The fourth-order valence-electron chi connectivity index (χ4n) is 3.40. The Hall–Kier alpha value is -1.63. The lowest BCUT2D eigenvalue weighted by Gasteiger charge is -2.33. The molecule has 0 amide bonds. The lowest BCUT2D eigenvalue weighted by Crippen LogP contribution is -2.45. The molecule has 0 bridgehead atoms. The highest BCUT2D eigenvalue weighted by Gasteiger charge is 2.33. The van der Waals surface area contributed by atoms with Gasteiger partial charge in [-0.05, 0) is 42.6 Å². The number of ether oxygens (including phenoxy) is 1. The summed E-state index contributed by atoms with van der Waals surface area (Å²) in [4.78, 5) is 0.204. The van der Waals surface area contributed by atoms with Crippen molar-refractivity contribution < 1.29 is 17.3 Å². The van der Waals surface area contributed by atoms with Gasteiger partial charge in [0, 0.05) is 0 Å². The summed E-state index contributed by atoms with van der Waals surface area (Å²) in [6.07, 6.45) is 0. The van der Waals surface area contributed by atoms with E-state index in [2.05, 4.69) is 39.1 Å². The third-order valence-corrected chi connectivity index (χ3v) is 9.72. The van der Waals surface area contributed by atoms with Crippen LogP contribution in [-0.4, -0.2) is 30.2 Å². The summed E-state index contributed by atoms with van der Waals surface area (Å²) in [5.41, 5.74) is 0.759. The number of hydrogen-bond acceptors (Lipinski definition) is 4. The monoisotopic (exact) mass is 406 g/mol. The van der Waals surface area contributed by atoms with Crippen LogP contribution in [0.15, 0.2) is 53.4 Å². The predicted octanol–water partition coefficient (Wildman–Crippen LogP) is 4.35. The number of hydrogen-bond donors (Lipinski definition) is 0. The quantitative estimate of drug-likeness (QED) is 0.483. The van der Waals surface area contributed by atoms with Crippen LogP contribution in [-0.2, 0) is 14.3 Å². The average molecular weight is 407 g/mol. The van der Waals surface area contributed by atoms with Crippen LogP contribution in [0.2, 0.25) is 19.1 Å². The van der Waals surface area contributed by atoms with Crippen molar-refractivity contribution in [2.24, 2.45) is 5.41 Å². The van der Waals surface area contributed by atoms with Gasteiger partial charge >= 0.3 is 0 Å². The Labute approximate surface area is 164 Å². The second-order valence-electron chi connectivity index (χ2n) is 8.48. The second-order valence-corrected chi connectivity index (χ2v) is 14.8. The fourth-order valence-corrected chi connectivity index (χ4v) is 8.25. The summed E-state index contributed by atoms with van der Waals surface area (Å²) in [6, 6.07) is 15.8. The molecule has 0 aromatic heterocycles. The molecule has 0 N–H and O–H groups in total. The minimum atomic E-state index is -3.74. The molecule has 4 nitrogen and oxygen atoms in total. The molecule has 0 spiro atoms. The molecule has 6 heteroatoms. The summed E-state index contributed by atoms with van der Waals surface area (Å²) in [5, 5.41) is 1.32. The third kappa shape index (κ3) is 5.92. The Balaban J connectivity index is 2.07. The average Bonchev–Trinajstić information content (AvgIpc) is 2.60. The van der Waals surface area contributed by atoms with Gasteiger partial charge in [0.25, 0.3) is 10.1 Å². The van der Waals surface area contributed by atoms with Gasteiger partial charge in [0.1, 0.15) is 5.75 Å². The first-order chi connectivity index (χ1) is 12.5. The van der Waals surface area contributed by atoms with E-state index in [0.29, 0.717) is 0 Å². The highest BCUT2D eigenvalue weighted by molar-refractivity contribution is 7.86. The summed E-state index contributed by atoms with van der Waals surface area (Å²) < 4.78 is 35.6. The molecule has 0 heterocycles. The smallest absolute Gasteiger partial charge is 0.296 e. The van der Waals surface area contributed by atoms with Crippen LogP contribution in [0.25, 0.3) is 0 Å². The molecule has 2 aromatic rings. The molecule has 0 radical (unpaired) electrons. The second kappa shape index (κ2) is 8.16. The first kappa shape index (κ1) is 21.7. The largest absolute Gasteiger partial charge is 0.497 e. The number of aryl methyl sites for hydroxylation is 1. The summed E-state index contributed by atoms with van der Waals surface area (Å²) in [7, 11) is -3.85. The highest BCUT2D eigenvalue weighted by Crippen LogP contribution is 2.30. The number of methoxy groups -OCH3 is 1. The molecule has 2 rings (SSSR count). The Kier molecular flexibility index (Phi) is 6.55. The van der Waals surface area contributed by atoms with Gasteiger partial charge in [-0.2, -0.15) is 8.42 Å². The minimum absolute atomic E-state index is 0.162. The van der Waals surface area contributed by atoms with Gasteiger partial charge in [-0.3, -0.25) is 4.18 Å². The van der Waals surface area contributed by atoms with Crippen LogP contribution in [0.4, 0.5) is 0 Å². The maximum Gasteiger partial charge on any atom is 0.296 e. The van der Waals surface area contributed by atoms with E-state index in [1.807, 2.05) is 19.1 Å². The SMILES string of the molecule is COc1ccc([Si](C)(C)CC(C)(C)COS(=O)(=O)c2ccc(C)cc2)cc1. The van der Waals surface area contributed by atoms with E-state index in [1.165, 1.54) is 5.19 Å². The van der Waals surface area contributed by atoms with E-state index in [-0.39, 0.29) is 16.9 Å². The Morgan fingerprint density at radius 2 is 1.52 bits per heavy atom. The van der Waals surface area contributed by atoms with Gasteiger partial charge in [-0.25, -0.2) is 0 Å². The summed E-state index contributed by atoms with van der Waals surface area (Å²) in [6.45, 7) is 10.8. The molecule has 0 saturated heterocycles. The molecular weight excluding hydrogens is 376 g/mol. The Bertz CT molecular complexity index is 854. The molecule has 0 unspecified atom stereocenters. The van der Waals surface area contributed by atoms with Crippen molar-refractivity contribution in [3.05, 3.63) is 54.1 Å². The lowest BCUT2D eigenvalue weighted by molar-refractivity contribution is 0.202. The zero-order valence-electron chi connectivity index (χ0n) is 17.1. The van der Waals surface area contributed by atoms with Crippen LogP contribution in [0.3, 0.4) is 0 Å². The van der Waals surface area contributed by atoms with Crippen LogP contribution < -0.4 is 9.92 Å². The van der Waals surface area contributed by atoms with Crippen molar-refractivity contribution in [3.63, 3.8) is 0 Å². The maximum atomic E-state index is 12.5. The summed E-state index contributed by atoms with van der Waals surface area (Å²) >= 11 is 0. The van der Waals surface area contributed by atoms with Gasteiger partial charge in [-0.15, -0.1) is 0 Å². The minimum Gasteiger partial charge on any atom is -0.497 e. The van der Waals surface area contributed by atoms with E-state index in [1.54, 1.807) is 31.4 Å². The van der Waals surface area contributed by atoms with Crippen molar-refractivity contribution in [3.8, 4) is 5.75 Å². The van der Waals surface area contributed by atoms with Crippen molar-refractivity contribution >= 4 is 23.4 Å². The van der Waals surface area contributed by atoms with Crippen LogP contribution in [0, 0.1) is 12.3 Å². The topological polar surface area (TPSA) is 52.6 Å². The molecule has 0 aliphatic rings. The van der Waals surface area contributed by atoms with Gasteiger partial charge in [0.2, 0.25) is 0 Å². The highest BCUT2D eigenvalue weighted by atomic mass is 32.2. The van der Waals surface area contributed by atoms with Crippen molar-refractivity contribution in [1.82, 2.24) is 0 Å². The van der Waals surface area contributed by atoms with Crippen LogP contribution in [0.5, 0.6) is 5.75 Å². The fraction of sp³-hybridized carbons (Fsp3) is 0.429. The lowest BCUT2D eigenvalue weighted by atomic mass is 9.98. The summed E-state index contributed by atoms with van der Waals surface area (Å²) in [5.74, 6) is 0.843. The molecular formula is C21H30O4SSi. The normalized spacial score (nSPS) is 12.8. The molecule has 27 heavy (non-hydrogen) atoms. The maximum absolute atomic E-state index is 12.5. The predicted molar refractivity (Wildman–Crippen MR) is 113 cm³/mol. The van der Waals surface area contributed by atoms with E-state index in [0.717, 1.165) is 17.4 Å². The Morgan fingerprint density at radius 1 is 0.963 bits per heavy atom. The zero-order valence-corrected chi connectivity index (χ0v) is 18.9. The van der Waals surface area contributed by atoms with Crippen LogP contribution >= 0.6 is 0 Å². The van der Waals surface area contributed by atoms with Gasteiger partial charge < -0.3 is 4.74 Å². The van der Waals surface area contributed by atoms with E-state index in [9.17, 15) is 8.42 Å². The molecule has 0 saturated carbocycles. The van der Waals surface area contributed by atoms with E-state index >= 15 is 0 Å². The first-order valence-corrected chi connectivity index (χ1v) is 13.7. The third-order valence-electron chi connectivity index (χ3n) is 4.71. The molecule has 0 aliphatic heterocycles. The van der Waals surface area contributed by atoms with E-state index < -0.39 is 18.2 Å². The number of rotatable bonds is 8. The van der Waals surface area contributed by atoms with Crippen molar-refractivity contribution in [2.45, 2.75) is 44.8 Å². The molecule has 0 atom stereocenters. The molecule has 0 aliphatic carbocycles. The van der Waals surface area contributed by atoms with Crippen molar-refractivity contribution in [2.75, 3.05) is 13.7 Å². The Morgan fingerprint density at radius 3 is 2.04 bits per heavy atom. The molecule has 148 valence electrons. The molecule has 0 fully saturated rings. The van der Waals surface area contributed by atoms with Crippen LogP contribution in [0.1, 0.15) is 19.4 Å². The molecule has 2 aromatic carbocycles. The number of benzene rings is 2.